The van der Waals surface area contributed by atoms with E-state index < -0.39 is 6.10 Å². The number of unbranched alkanes of at least 4 members (excludes halogenated alkanes) is 19. The summed E-state index contributed by atoms with van der Waals surface area (Å²) in [5.74, 6) is -0.983. The van der Waals surface area contributed by atoms with Crippen LogP contribution in [0.5, 0.6) is 0 Å². The van der Waals surface area contributed by atoms with E-state index in [1.165, 1.54) is 70.6 Å². The number of esters is 3. The minimum Gasteiger partial charge on any atom is -0.462 e. The van der Waals surface area contributed by atoms with E-state index in [2.05, 4.69) is 106 Å². The number of hydrogen-bond acceptors (Lipinski definition) is 6. The van der Waals surface area contributed by atoms with Crippen LogP contribution in [-0.2, 0) is 28.6 Å². The fourth-order valence-electron chi connectivity index (χ4n) is 6.65. The predicted octanol–water partition coefficient (Wildman–Crippen LogP) is 16.4. The van der Waals surface area contributed by atoms with Crippen molar-refractivity contribution in [1.82, 2.24) is 0 Å². The molecule has 0 rings (SSSR count). The van der Waals surface area contributed by atoms with Crippen LogP contribution >= 0.6 is 0 Å². The molecule has 0 radical (unpaired) electrons. The zero-order chi connectivity index (χ0) is 44.4. The van der Waals surface area contributed by atoms with Gasteiger partial charge in [0.2, 0.25) is 0 Å². The third kappa shape index (κ3) is 47.5. The van der Waals surface area contributed by atoms with Crippen molar-refractivity contribution in [1.29, 1.82) is 0 Å². The van der Waals surface area contributed by atoms with Crippen LogP contribution in [0.1, 0.15) is 226 Å². The summed E-state index contributed by atoms with van der Waals surface area (Å²) in [4.78, 5) is 37.9. The molecule has 0 saturated carbocycles. The van der Waals surface area contributed by atoms with E-state index in [9.17, 15) is 14.4 Å². The van der Waals surface area contributed by atoms with Crippen molar-refractivity contribution < 1.29 is 28.6 Å². The van der Waals surface area contributed by atoms with Crippen LogP contribution in [0.25, 0.3) is 0 Å². The first-order valence-electron chi connectivity index (χ1n) is 25.1. The zero-order valence-electron chi connectivity index (χ0n) is 39.7. The lowest BCUT2D eigenvalue weighted by molar-refractivity contribution is -0.167. The number of carbonyl (C=O) groups is 3. The molecule has 1 unspecified atom stereocenters. The van der Waals surface area contributed by atoms with Gasteiger partial charge in [-0.2, -0.15) is 0 Å². The van der Waals surface area contributed by atoms with Crippen molar-refractivity contribution >= 4 is 17.9 Å². The molecule has 0 aromatic heterocycles. The maximum atomic E-state index is 12.8. The third-order valence-corrected chi connectivity index (χ3v) is 10.4. The van der Waals surface area contributed by atoms with Gasteiger partial charge in [-0.3, -0.25) is 14.4 Å². The van der Waals surface area contributed by atoms with Crippen LogP contribution in [0.3, 0.4) is 0 Å². The molecular weight excluding hydrogens is 757 g/mol. The molecule has 0 heterocycles. The van der Waals surface area contributed by atoms with Gasteiger partial charge in [0.1, 0.15) is 13.2 Å². The van der Waals surface area contributed by atoms with Gasteiger partial charge in [0.25, 0.3) is 0 Å². The summed E-state index contributed by atoms with van der Waals surface area (Å²) >= 11 is 0. The number of rotatable bonds is 44. The molecule has 0 N–H and O–H groups in total. The molecule has 348 valence electrons. The minimum absolute atomic E-state index is 0.103. The monoisotopic (exact) mass is 849 g/mol. The first-order valence-corrected chi connectivity index (χ1v) is 25.1. The first-order chi connectivity index (χ1) is 30.0. The largest absolute Gasteiger partial charge is 0.462 e. The summed E-state index contributed by atoms with van der Waals surface area (Å²) in [6, 6.07) is 0. The van der Waals surface area contributed by atoms with E-state index in [1.54, 1.807) is 0 Å². The predicted molar refractivity (Wildman–Crippen MR) is 261 cm³/mol. The van der Waals surface area contributed by atoms with Gasteiger partial charge in [-0.25, -0.2) is 0 Å². The number of hydrogen-bond donors (Lipinski definition) is 0. The number of ether oxygens (including phenoxy) is 3. The molecule has 1 atom stereocenters. The fraction of sp³-hybridized carbons (Fsp3) is 0.691. The molecule has 0 fully saturated rings. The second-order valence-electron chi connectivity index (χ2n) is 16.3. The lowest BCUT2D eigenvalue weighted by atomic mass is 10.1. The average Bonchev–Trinajstić information content (AvgIpc) is 3.26. The molecule has 0 aliphatic carbocycles. The Balaban J connectivity index is 4.45. The van der Waals surface area contributed by atoms with Crippen molar-refractivity contribution in [2.24, 2.45) is 0 Å². The molecule has 0 amide bonds. The molecule has 0 aliphatic heterocycles. The summed E-state index contributed by atoms with van der Waals surface area (Å²) < 4.78 is 16.7. The average molecular weight is 849 g/mol. The minimum atomic E-state index is -0.805. The number of allylic oxidation sites excluding steroid dienone is 14. The van der Waals surface area contributed by atoms with Crippen LogP contribution < -0.4 is 0 Å². The van der Waals surface area contributed by atoms with Gasteiger partial charge in [0.05, 0.1) is 0 Å². The van der Waals surface area contributed by atoms with E-state index in [4.69, 9.17) is 14.2 Å². The molecule has 0 aliphatic rings. The highest BCUT2D eigenvalue weighted by Gasteiger charge is 2.19. The summed E-state index contributed by atoms with van der Waals surface area (Å²) in [5.41, 5.74) is 0. The molecule has 0 aromatic rings. The molecule has 0 spiro atoms. The third-order valence-electron chi connectivity index (χ3n) is 10.4. The zero-order valence-corrected chi connectivity index (χ0v) is 39.7. The summed E-state index contributed by atoms with van der Waals surface area (Å²) in [6.45, 7) is 6.33. The quantitative estimate of drug-likeness (QED) is 0.0263. The van der Waals surface area contributed by atoms with Crippen molar-refractivity contribution in [3.8, 4) is 0 Å². The molecule has 0 aromatic carbocycles. The molecular formula is C55H92O6. The van der Waals surface area contributed by atoms with Gasteiger partial charge in [0, 0.05) is 19.3 Å². The number of carbonyl (C=O) groups excluding carboxylic acids is 3. The Hall–Kier alpha value is -3.41. The van der Waals surface area contributed by atoms with Crippen LogP contribution in [0.4, 0.5) is 0 Å². The summed E-state index contributed by atoms with van der Waals surface area (Å²) in [7, 11) is 0. The van der Waals surface area contributed by atoms with Gasteiger partial charge >= 0.3 is 17.9 Å². The van der Waals surface area contributed by atoms with E-state index in [1.807, 2.05) is 0 Å². The van der Waals surface area contributed by atoms with E-state index in [0.717, 1.165) is 109 Å². The first kappa shape index (κ1) is 57.6. The highest BCUT2D eigenvalue weighted by atomic mass is 16.6. The highest BCUT2D eigenvalue weighted by Crippen LogP contribution is 2.13. The lowest BCUT2D eigenvalue weighted by Gasteiger charge is -2.18. The molecule has 6 nitrogen and oxygen atoms in total. The Morgan fingerprint density at radius 2 is 0.656 bits per heavy atom. The van der Waals surface area contributed by atoms with E-state index in [-0.39, 0.29) is 37.5 Å². The SMILES string of the molecule is CC/C=C\C/C=C\C/C=C\CCCCCCCCC(=O)OCC(COC(=O)CCC/C=C\C/C=C\C/C=C\CC)OC(=O)CCCCCCC/C=C\CCCCCCCCC. The van der Waals surface area contributed by atoms with Crippen molar-refractivity contribution in [2.45, 2.75) is 232 Å². The highest BCUT2D eigenvalue weighted by molar-refractivity contribution is 5.71. The smallest absolute Gasteiger partial charge is 0.306 e. The molecule has 0 saturated heterocycles. The van der Waals surface area contributed by atoms with Gasteiger partial charge in [-0.1, -0.05) is 189 Å². The molecule has 0 bridgehead atoms. The Morgan fingerprint density at radius 3 is 1.08 bits per heavy atom. The maximum Gasteiger partial charge on any atom is 0.306 e. The molecule has 61 heavy (non-hydrogen) atoms. The van der Waals surface area contributed by atoms with E-state index in [0.29, 0.717) is 19.3 Å². The topological polar surface area (TPSA) is 78.9 Å². The van der Waals surface area contributed by atoms with Gasteiger partial charge in [-0.05, 0) is 103 Å². The van der Waals surface area contributed by atoms with Crippen molar-refractivity contribution in [2.75, 3.05) is 13.2 Å². The lowest BCUT2D eigenvalue weighted by Crippen LogP contribution is -2.30. The Labute approximate surface area is 375 Å². The van der Waals surface area contributed by atoms with Crippen LogP contribution in [0.2, 0.25) is 0 Å². The summed E-state index contributed by atoms with van der Waals surface area (Å²) in [6.07, 6.45) is 62.9. The Bertz CT molecular complexity index is 1200. The van der Waals surface area contributed by atoms with Crippen LogP contribution in [0.15, 0.2) is 85.1 Å². The van der Waals surface area contributed by atoms with Crippen LogP contribution in [0, 0.1) is 0 Å². The van der Waals surface area contributed by atoms with Crippen molar-refractivity contribution in [3.05, 3.63) is 85.1 Å². The summed E-state index contributed by atoms with van der Waals surface area (Å²) in [5, 5.41) is 0. The second-order valence-corrected chi connectivity index (χ2v) is 16.3. The van der Waals surface area contributed by atoms with E-state index >= 15 is 0 Å². The van der Waals surface area contributed by atoms with Gasteiger partial charge in [0.15, 0.2) is 6.10 Å². The standard InChI is InChI=1S/C55H92O6/c1-4-7-10-13-16-19-22-24-26-28-30-33-36-39-42-45-48-54(57)60-51-52(50-59-53(56)47-44-41-38-35-32-21-18-15-12-9-6-3)61-55(58)49-46-43-40-37-34-31-29-27-25-23-20-17-14-11-8-5-2/h7,9-10,12,16,18-19,21,24,26-27,29,35,38,52H,4-6,8,11,13-15,17,20,22-23,25,28,30-34,36-37,39-51H2,1-3H3/b10-7-,12-9-,19-16-,21-18-,26-24-,29-27-,38-35-. The van der Waals surface area contributed by atoms with Gasteiger partial charge < -0.3 is 14.2 Å². The Morgan fingerprint density at radius 1 is 0.344 bits per heavy atom. The Kier molecular flexibility index (Phi) is 46.5. The van der Waals surface area contributed by atoms with Crippen LogP contribution in [-0.4, -0.2) is 37.2 Å². The fourth-order valence-corrected chi connectivity index (χ4v) is 6.65. The normalized spacial score (nSPS) is 12.8. The maximum absolute atomic E-state index is 12.8. The van der Waals surface area contributed by atoms with Crippen molar-refractivity contribution in [3.63, 3.8) is 0 Å². The van der Waals surface area contributed by atoms with Gasteiger partial charge in [-0.15, -0.1) is 0 Å². The second kappa shape index (κ2) is 49.2. The molecule has 6 heteroatoms.